The number of hydrogen-bond acceptors (Lipinski definition) is 6. The molecule has 3 aliphatic carbocycles. The van der Waals surface area contributed by atoms with Crippen LogP contribution in [-0.2, 0) is 31.3 Å². The largest absolute Gasteiger partial charge is 0.490 e. The van der Waals surface area contributed by atoms with Crippen LogP contribution in [0.3, 0.4) is 0 Å². The minimum absolute atomic E-state index is 0.00249. The molecular formula is C36H44ClN3O5S. The summed E-state index contributed by atoms with van der Waals surface area (Å²) in [4.78, 5) is 28.8. The first-order valence-electron chi connectivity index (χ1n) is 16.8. The van der Waals surface area contributed by atoms with Gasteiger partial charge in [0.1, 0.15) is 15.7 Å². The lowest BCUT2D eigenvalue weighted by Crippen LogP contribution is -2.47. The number of carbonyl (C=O) groups is 2. The molecule has 2 heterocycles. The minimum atomic E-state index is -3.39. The predicted octanol–water partition coefficient (Wildman–Crippen LogP) is 6.64. The molecule has 2 aromatic carbocycles. The van der Waals surface area contributed by atoms with Crippen molar-refractivity contribution in [2.45, 2.75) is 82.0 Å². The Morgan fingerprint density at radius 3 is 2.83 bits per heavy atom. The van der Waals surface area contributed by atoms with Gasteiger partial charge in [0.2, 0.25) is 5.91 Å². The quantitative estimate of drug-likeness (QED) is 0.368. The molecule has 10 heteroatoms. The molecule has 2 fully saturated rings. The van der Waals surface area contributed by atoms with E-state index in [2.05, 4.69) is 38.3 Å². The van der Waals surface area contributed by atoms with Crippen LogP contribution in [0, 0.1) is 17.3 Å². The number of carbonyl (C=O) groups excluding carboxylic acids is 2. The fourth-order valence-corrected chi connectivity index (χ4v) is 10.8. The summed E-state index contributed by atoms with van der Waals surface area (Å²) in [6.45, 7) is 5.74. The number of hydrogen-bond donors (Lipinski definition) is 1. The second-order valence-electron chi connectivity index (χ2n) is 13.9. The van der Waals surface area contributed by atoms with Crippen LogP contribution >= 0.6 is 11.6 Å². The summed E-state index contributed by atoms with van der Waals surface area (Å²) >= 11 is 6.44. The summed E-state index contributed by atoms with van der Waals surface area (Å²) in [6, 6.07) is 11.7. The van der Waals surface area contributed by atoms with Gasteiger partial charge < -0.3 is 14.4 Å². The van der Waals surface area contributed by atoms with Crippen LogP contribution in [0.5, 0.6) is 5.75 Å². The van der Waals surface area contributed by atoms with Crippen molar-refractivity contribution in [1.82, 2.24) is 4.72 Å². The average molecular weight is 666 g/mol. The van der Waals surface area contributed by atoms with Crippen molar-refractivity contribution >= 4 is 39.0 Å². The van der Waals surface area contributed by atoms with Gasteiger partial charge in [0, 0.05) is 42.6 Å². The molecule has 2 saturated carbocycles. The van der Waals surface area contributed by atoms with Crippen LogP contribution in [0.4, 0.5) is 5.69 Å². The number of allylic oxidation sites excluding steroid dienone is 1. The van der Waals surface area contributed by atoms with E-state index in [1.54, 1.807) is 20.1 Å². The third-order valence-corrected chi connectivity index (χ3v) is 13.9. The van der Waals surface area contributed by atoms with Gasteiger partial charge in [-0.15, -0.1) is 4.36 Å². The molecule has 2 unspecified atom stereocenters. The number of ether oxygens (including phenoxy) is 2. The van der Waals surface area contributed by atoms with Gasteiger partial charge in [0.15, 0.2) is 0 Å². The highest BCUT2D eigenvalue weighted by atomic mass is 35.5. The SMILES string of the molecule is CCC(=O)NS1(=O)=NC(=O)c2ccc3c(c2)N(C[C@@]2(CCCc4cc(Cl)ccc42)CO3)C[C@@]23CC2[C@H]3[C@@H](OC)/C=C/CC[C@H]1CC. The van der Waals surface area contributed by atoms with Gasteiger partial charge in [-0.3, -0.25) is 14.3 Å². The Bertz CT molecular complexity index is 1720. The Kier molecular flexibility index (Phi) is 8.25. The van der Waals surface area contributed by atoms with Crippen LogP contribution in [-0.4, -0.2) is 54.2 Å². The third kappa shape index (κ3) is 5.46. The number of halogens is 1. The Labute approximate surface area is 277 Å². The fourth-order valence-electron chi connectivity index (χ4n) is 8.53. The third-order valence-electron chi connectivity index (χ3n) is 11.2. The number of rotatable bonds is 4. The first-order valence-corrected chi connectivity index (χ1v) is 18.7. The molecule has 7 atom stereocenters. The molecule has 8 nitrogen and oxygen atoms in total. The highest BCUT2D eigenvalue weighted by Gasteiger charge is 2.80. The first-order chi connectivity index (χ1) is 22.1. The summed E-state index contributed by atoms with van der Waals surface area (Å²) < 4.78 is 34.0. The van der Waals surface area contributed by atoms with E-state index in [1.807, 2.05) is 25.1 Å². The minimum Gasteiger partial charge on any atom is -0.490 e. The molecule has 2 aliphatic heterocycles. The fraction of sp³-hybridized carbons (Fsp3) is 0.556. The van der Waals surface area contributed by atoms with E-state index < -0.39 is 21.1 Å². The number of nitrogens with zero attached hydrogens (tertiary/aromatic N) is 2. The van der Waals surface area contributed by atoms with Gasteiger partial charge in [-0.05, 0) is 104 Å². The maximum Gasteiger partial charge on any atom is 0.286 e. The molecule has 5 aliphatic rings. The zero-order chi connectivity index (χ0) is 32.3. The molecule has 2 aromatic rings. The molecule has 0 saturated heterocycles. The summed E-state index contributed by atoms with van der Waals surface area (Å²) in [5.41, 5.74) is 3.71. The number of anilines is 1. The standard InChI is InChI=1S/C36H44ClN3O5S/c1-4-26-10-6-7-11-31(44-3)33-28-19-36(28,33)21-40-20-35(16-8-9-23-17-25(37)13-14-27(23)35)22-45-30-15-12-24(18-29(30)40)34(42)39-46(26,43)38-32(41)5-2/h7,11-15,17-18,26,28,31,33H,4-6,8-10,16,19-22H2,1-3H3,(H,38,39,41,42,43)/b11-7+/t26-,28?,31+,33+,35+,36+,46?/m1/s1. The van der Waals surface area contributed by atoms with Crippen LogP contribution in [0.15, 0.2) is 52.9 Å². The van der Waals surface area contributed by atoms with E-state index in [0.29, 0.717) is 43.3 Å². The second kappa shape index (κ2) is 12.0. The van der Waals surface area contributed by atoms with Gasteiger partial charge in [-0.25, -0.2) is 4.21 Å². The maximum atomic E-state index is 14.4. The zero-order valence-electron chi connectivity index (χ0n) is 26.9. The number of amides is 2. The average Bonchev–Trinajstić information content (AvgIpc) is 3.92. The van der Waals surface area contributed by atoms with Gasteiger partial charge in [0.25, 0.3) is 5.91 Å². The molecule has 1 N–H and O–H groups in total. The van der Waals surface area contributed by atoms with E-state index in [0.717, 1.165) is 48.8 Å². The molecule has 0 radical (unpaired) electrons. The molecule has 2 amide bonds. The van der Waals surface area contributed by atoms with E-state index in [9.17, 15) is 13.8 Å². The molecule has 0 aromatic heterocycles. The molecule has 7 rings (SSSR count). The van der Waals surface area contributed by atoms with Crippen molar-refractivity contribution in [1.29, 1.82) is 0 Å². The topological polar surface area (TPSA) is 97.3 Å². The van der Waals surface area contributed by atoms with Crippen LogP contribution in [0.25, 0.3) is 0 Å². The molecule has 246 valence electrons. The summed E-state index contributed by atoms with van der Waals surface area (Å²) in [5, 5.41) is 0.272. The summed E-state index contributed by atoms with van der Waals surface area (Å²) in [5.74, 6) is 0.787. The van der Waals surface area contributed by atoms with E-state index >= 15 is 0 Å². The predicted molar refractivity (Wildman–Crippen MR) is 181 cm³/mol. The lowest BCUT2D eigenvalue weighted by atomic mass is 9.70. The molecule has 2 bridgehead atoms. The second-order valence-corrected chi connectivity index (χ2v) is 16.5. The highest BCUT2D eigenvalue weighted by molar-refractivity contribution is 7.93. The lowest BCUT2D eigenvalue weighted by Gasteiger charge is -2.41. The van der Waals surface area contributed by atoms with Crippen molar-refractivity contribution in [3.05, 3.63) is 70.3 Å². The van der Waals surface area contributed by atoms with Crippen molar-refractivity contribution in [3.63, 3.8) is 0 Å². The molecule has 46 heavy (non-hydrogen) atoms. The van der Waals surface area contributed by atoms with Crippen molar-refractivity contribution in [3.8, 4) is 5.75 Å². The normalized spacial score (nSPS) is 35.4. The first kappa shape index (κ1) is 31.7. The Balaban J connectivity index is 1.34. The van der Waals surface area contributed by atoms with Crippen LogP contribution in [0.2, 0.25) is 5.02 Å². The van der Waals surface area contributed by atoms with Gasteiger partial charge >= 0.3 is 0 Å². The van der Waals surface area contributed by atoms with Gasteiger partial charge in [0.05, 0.1) is 23.6 Å². The Morgan fingerprint density at radius 2 is 2.07 bits per heavy atom. The summed E-state index contributed by atoms with van der Waals surface area (Å²) in [7, 11) is -1.60. The number of methoxy groups -OCH3 is 1. The smallest absolute Gasteiger partial charge is 0.286 e. The van der Waals surface area contributed by atoms with E-state index in [1.165, 1.54) is 17.5 Å². The van der Waals surface area contributed by atoms with E-state index in [-0.39, 0.29) is 29.3 Å². The van der Waals surface area contributed by atoms with E-state index in [4.69, 9.17) is 21.1 Å². The molecule has 2 spiro atoms. The number of aryl methyl sites for hydroxylation is 1. The van der Waals surface area contributed by atoms with Gasteiger partial charge in [-0.2, -0.15) is 0 Å². The Hall–Kier alpha value is -2.88. The zero-order valence-corrected chi connectivity index (χ0v) is 28.5. The van der Waals surface area contributed by atoms with Crippen molar-refractivity contribution < 1.29 is 23.3 Å². The summed E-state index contributed by atoms with van der Waals surface area (Å²) in [6.07, 6.45) is 10.3. The van der Waals surface area contributed by atoms with Crippen molar-refractivity contribution in [2.24, 2.45) is 21.6 Å². The maximum absolute atomic E-state index is 14.4. The number of fused-ring (bicyclic) bond motifs is 4. The van der Waals surface area contributed by atoms with Crippen LogP contribution < -0.4 is 14.4 Å². The van der Waals surface area contributed by atoms with Crippen LogP contribution in [0.1, 0.15) is 80.3 Å². The van der Waals surface area contributed by atoms with Gasteiger partial charge in [-0.1, -0.05) is 43.7 Å². The highest BCUT2D eigenvalue weighted by Crippen LogP contribution is 2.81. The monoisotopic (exact) mass is 665 g/mol. The Morgan fingerprint density at radius 1 is 1.22 bits per heavy atom. The number of nitrogens with one attached hydrogen (secondary N) is 1. The number of benzene rings is 2. The lowest BCUT2D eigenvalue weighted by molar-refractivity contribution is -0.119. The molecular weight excluding hydrogens is 622 g/mol. The van der Waals surface area contributed by atoms with Crippen molar-refractivity contribution in [2.75, 3.05) is 31.7 Å².